The Labute approximate surface area is 142 Å². The smallest absolute Gasteiger partial charge is 0.311 e. The Morgan fingerprint density at radius 3 is 2.62 bits per heavy atom. The highest BCUT2D eigenvalue weighted by atomic mass is 32.2. The number of aryl methyl sites for hydroxylation is 2. The summed E-state index contributed by atoms with van der Waals surface area (Å²) in [7, 11) is -2.17. The molecule has 0 spiro atoms. The third-order valence-corrected chi connectivity index (χ3v) is 7.53. The minimum atomic E-state index is -3.72. The minimum Gasteiger partial charge on any atom is -0.496 e. The van der Waals surface area contributed by atoms with Crippen molar-refractivity contribution in [2.75, 3.05) is 20.2 Å². The van der Waals surface area contributed by atoms with Gasteiger partial charge in [-0.15, -0.1) is 0 Å². The van der Waals surface area contributed by atoms with Gasteiger partial charge in [0.05, 0.1) is 17.4 Å². The summed E-state index contributed by atoms with van der Waals surface area (Å²) in [6.07, 6.45) is 2.18. The predicted molar refractivity (Wildman–Crippen MR) is 88.6 cm³/mol. The average molecular weight is 353 g/mol. The molecule has 7 heteroatoms. The Kier molecular flexibility index (Phi) is 4.12. The molecule has 24 heavy (non-hydrogen) atoms. The molecular weight excluding hydrogens is 330 g/mol. The van der Waals surface area contributed by atoms with Crippen molar-refractivity contribution in [1.29, 1.82) is 0 Å². The summed E-state index contributed by atoms with van der Waals surface area (Å²) < 4.78 is 32.8. The first-order valence-electron chi connectivity index (χ1n) is 8.11. The van der Waals surface area contributed by atoms with Crippen molar-refractivity contribution < 1.29 is 23.1 Å². The van der Waals surface area contributed by atoms with E-state index < -0.39 is 21.4 Å². The van der Waals surface area contributed by atoms with Crippen LogP contribution in [0.1, 0.15) is 30.4 Å². The van der Waals surface area contributed by atoms with Gasteiger partial charge in [0.1, 0.15) is 5.75 Å². The van der Waals surface area contributed by atoms with Gasteiger partial charge in [0.15, 0.2) is 0 Å². The maximum atomic E-state index is 13.1. The molecule has 0 bridgehead atoms. The van der Waals surface area contributed by atoms with Crippen molar-refractivity contribution in [3.8, 4) is 5.75 Å². The van der Waals surface area contributed by atoms with E-state index in [1.807, 2.05) is 0 Å². The van der Waals surface area contributed by atoms with E-state index in [-0.39, 0.29) is 17.4 Å². The lowest BCUT2D eigenvalue weighted by Crippen LogP contribution is -2.37. The summed E-state index contributed by atoms with van der Waals surface area (Å²) in [6.45, 7) is 3.90. The molecule has 6 nitrogen and oxygen atoms in total. The molecule has 0 aromatic heterocycles. The van der Waals surface area contributed by atoms with Crippen LogP contribution in [0.4, 0.5) is 0 Å². The van der Waals surface area contributed by atoms with Crippen LogP contribution in [0, 0.1) is 25.2 Å². The second-order valence-electron chi connectivity index (χ2n) is 6.94. The van der Waals surface area contributed by atoms with Crippen molar-refractivity contribution in [3.63, 3.8) is 0 Å². The van der Waals surface area contributed by atoms with E-state index >= 15 is 0 Å². The lowest BCUT2D eigenvalue weighted by atomic mass is 9.81. The second kappa shape index (κ2) is 5.74. The average Bonchev–Trinajstić information content (AvgIpc) is 3.07. The molecule has 0 unspecified atom stereocenters. The molecule has 1 N–H and O–H groups in total. The van der Waals surface area contributed by atoms with Crippen LogP contribution in [0.25, 0.3) is 0 Å². The van der Waals surface area contributed by atoms with E-state index in [1.54, 1.807) is 33.1 Å². The number of carboxylic acid groups (broad SMARTS) is 1. The van der Waals surface area contributed by atoms with Gasteiger partial charge >= 0.3 is 5.97 Å². The lowest BCUT2D eigenvalue weighted by molar-refractivity contribution is -0.149. The van der Waals surface area contributed by atoms with E-state index in [9.17, 15) is 18.3 Å². The Bertz CT molecular complexity index is 788. The zero-order valence-corrected chi connectivity index (χ0v) is 15.0. The topological polar surface area (TPSA) is 83.9 Å². The lowest BCUT2D eigenvalue weighted by Gasteiger charge is -2.23. The van der Waals surface area contributed by atoms with Crippen LogP contribution in [0.3, 0.4) is 0 Å². The predicted octanol–water partition coefficient (Wildman–Crippen LogP) is 2.19. The molecule has 1 saturated carbocycles. The van der Waals surface area contributed by atoms with Crippen LogP contribution in [0.2, 0.25) is 0 Å². The zero-order chi connectivity index (χ0) is 17.7. The second-order valence-corrected chi connectivity index (χ2v) is 8.84. The van der Waals surface area contributed by atoms with Gasteiger partial charge in [-0.2, -0.15) is 4.31 Å². The summed E-state index contributed by atoms with van der Waals surface area (Å²) in [4.78, 5) is 12.0. The fourth-order valence-corrected chi connectivity index (χ4v) is 6.02. The number of ether oxygens (including phenoxy) is 1. The van der Waals surface area contributed by atoms with Crippen LogP contribution >= 0.6 is 0 Å². The molecule has 132 valence electrons. The Morgan fingerprint density at radius 1 is 1.33 bits per heavy atom. The van der Waals surface area contributed by atoms with Gasteiger partial charge in [-0.3, -0.25) is 4.79 Å². The molecule has 1 aromatic rings. The number of benzene rings is 1. The molecule has 2 fully saturated rings. The van der Waals surface area contributed by atoms with Crippen LogP contribution < -0.4 is 4.74 Å². The number of hydrogen-bond donors (Lipinski definition) is 1. The van der Waals surface area contributed by atoms with Gasteiger partial charge in [0, 0.05) is 13.1 Å². The van der Waals surface area contributed by atoms with Gasteiger partial charge in [-0.1, -0.05) is 6.42 Å². The number of fused-ring (bicyclic) bond motifs is 1. The first kappa shape index (κ1) is 17.2. The van der Waals surface area contributed by atoms with Crippen LogP contribution in [0.15, 0.2) is 17.0 Å². The number of carbonyl (C=O) groups is 1. The Balaban J connectivity index is 1.99. The third-order valence-electron chi connectivity index (χ3n) is 5.58. The number of sulfonamides is 1. The van der Waals surface area contributed by atoms with Gasteiger partial charge in [-0.25, -0.2) is 8.42 Å². The highest BCUT2D eigenvalue weighted by Gasteiger charge is 2.57. The Morgan fingerprint density at radius 2 is 2.04 bits per heavy atom. The van der Waals surface area contributed by atoms with Crippen molar-refractivity contribution in [2.24, 2.45) is 11.3 Å². The summed E-state index contributed by atoms with van der Waals surface area (Å²) in [5.41, 5.74) is 0.440. The number of aliphatic carboxylic acids is 1. The molecule has 2 aliphatic rings. The molecule has 0 radical (unpaired) electrons. The standard InChI is InChI=1S/C17H23NO5S/c1-11-8-15(12(2)7-14(11)23-3)24(21,22)18-9-13-5-4-6-17(13,10-18)16(19)20/h7-8,13H,4-6,9-10H2,1-3H3,(H,19,20)/t13-,17+/m0/s1. The van der Waals surface area contributed by atoms with Crippen LogP contribution in [-0.2, 0) is 14.8 Å². The van der Waals surface area contributed by atoms with Gasteiger partial charge < -0.3 is 9.84 Å². The summed E-state index contributed by atoms with van der Waals surface area (Å²) in [5, 5.41) is 9.66. The van der Waals surface area contributed by atoms with E-state index in [0.29, 0.717) is 24.3 Å². The molecule has 1 heterocycles. The molecule has 0 amide bonds. The fraction of sp³-hybridized carbons (Fsp3) is 0.588. The highest BCUT2D eigenvalue weighted by molar-refractivity contribution is 7.89. The van der Waals surface area contributed by atoms with Gasteiger partial charge in [0.2, 0.25) is 10.0 Å². The number of methoxy groups -OCH3 is 1. The molecule has 3 rings (SSSR count). The molecule has 2 atom stereocenters. The maximum Gasteiger partial charge on any atom is 0.311 e. The Hall–Kier alpha value is -1.60. The highest BCUT2D eigenvalue weighted by Crippen LogP contribution is 2.50. The van der Waals surface area contributed by atoms with Gasteiger partial charge in [0.25, 0.3) is 0 Å². The van der Waals surface area contributed by atoms with E-state index in [2.05, 4.69) is 0 Å². The quantitative estimate of drug-likeness (QED) is 0.897. The maximum absolute atomic E-state index is 13.1. The molecule has 1 saturated heterocycles. The number of rotatable bonds is 4. The molecule has 1 aromatic carbocycles. The third kappa shape index (κ3) is 2.41. The first-order valence-corrected chi connectivity index (χ1v) is 9.55. The summed E-state index contributed by atoms with van der Waals surface area (Å²) in [6, 6.07) is 3.33. The van der Waals surface area contributed by atoms with Crippen molar-refractivity contribution in [2.45, 2.75) is 38.0 Å². The largest absolute Gasteiger partial charge is 0.496 e. The minimum absolute atomic E-state index is 0.0693. The number of carboxylic acids is 1. The van der Waals surface area contributed by atoms with Crippen LogP contribution in [0.5, 0.6) is 5.75 Å². The van der Waals surface area contributed by atoms with E-state index in [1.165, 1.54) is 4.31 Å². The fourth-order valence-electron chi connectivity index (χ4n) is 4.18. The summed E-state index contributed by atoms with van der Waals surface area (Å²) >= 11 is 0. The number of hydrogen-bond acceptors (Lipinski definition) is 4. The molecular formula is C17H23NO5S. The summed E-state index contributed by atoms with van der Waals surface area (Å²) in [5.74, 6) is -0.318. The molecule has 1 aliphatic carbocycles. The molecule has 1 aliphatic heterocycles. The monoisotopic (exact) mass is 353 g/mol. The normalized spacial score (nSPS) is 27.2. The van der Waals surface area contributed by atoms with Crippen molar-refractivity contribution in [3.05, 3.63) is 23.3 Å². The first-order chi connectivity index (χ1) is 11.2. The van der Waals surface area contributed by atoms with Crippen LogP contribution in [-0.4, -0.2) is 44.0 Å². The van der Waals surface area contributed by atoms with Crippen molar-refractivity contribution >= 4 is 16.0 Å². The van der Waals surface area contributed by atoms with E-state index in [4.69, 9.17) is 4.74 Å². The van der Waals surface area contributed by atoms with E-state index in [0.717, 1.165) is 18.4 Å². The van der Waals surface area contributed by atoms with Crippen molar-refractivity contribution in [1.82, 2.24) is 4.31 Å². The zero-order valence-electron chi connectivity index (χ0n) is 14.2. The van der Waals surface area contributed by atoms with Gasteiger partial charge in [-0.05, 0) is 55.9 Å². The number of nitrogens with zero attached hydrogens (tertiary/aromatic N) is 1. The SMILES string of the molecule is COc1cc(C)c(S(=O)(=O)N2C[C@@H]3CCC[C@@]3(C(=O)O)C2)cc1C.